The predicted molar refractivity (Wildman–Crippen MR) is 144 cm³/mol. The van der Waals surface area contributed by atoms with Crippen LogP contribution >= 0.6 is 0 Å². The third-order valence-corrected chi connectivity index (χ3v) is 7.34. The summed E-state index contributed by atoms with van der Waals surface area (Å²) in [4.78, 5) is -0.110. The quantitative estimate of drug-likeness (QED) is 0.360. The van der Waals surface area contributed by atoms with Gasteiger partial charge in [-0.05, 0) is 62.9 Å². The van der Waals surface area contributed by atoms with Gasteiger partial charge in [0.1, 0.15) is 12.3 Å². The van der Waals surface area contributed by atoms with E-state index in [1.165, 1.54) is 29.9 Å². The van der Waals surface area contributed by atoms with Crippen molar-refractivity contribution in [1.82, 2.24) is 4.57 Å². The SMILES string of the molecule is COc1cc(S(N)(=O)=O)ccc1NCC#Cc1cc2c(N[C@H]3C[C@@H](C)O[C@@H](C)C3)cccc2n1CC(F)(F)F. The van der Waals surface area contributed by atoms with Crippen LogP contribution in [0.4, 0.5) is 24.5 Å². The molecule has 1 fully saturated rings. The molecular weight excluding hydrogens is 533 g/mol. The first kappa shape index (κ1) is 28.6. The molecular formula is C27H31F3N4O4S. The Morgan fingerprint density at radius 2 is 1.85 bits per heavy atom. The second-order valence-electron chi connectivity index (χ2n) is 9.60. The van der Waals surface area contributed by atoms with Gasteiger partial charge in [0, 0.05) is 23.2 Å². The van der Waals surface area contributed by atoms with Gasteiger partial charge in [-0.1, -0.05) is 12.0 Å². The molecule has 3 atom stereocenters. The molecule has 1 saturated heterocycles. The van der Waals surface area contributed by atoms with Gasteiger partial charge >= 0.3 is 6.18 Å². The molecule has 1 aromatic heterocycles. The van der Waals surface area contributed by atoms with Gasteiger partial charge in [0.05, 0.1) is 47.7 Å². The van der Waals surface area contributed by atoms with Crippen molar-refractivity contribution in [1.29, 1.82) is 0 Å². The van der Waals surface area contributed by atoms with Crippen LogP contribution in [0.5, 0.6) is 5.75 Å². The molecule has 0 radical (unpaired) electrons. The highest BCUT2D eigenvalue weighted by atomic mass is 32.2. The fraction of sp³-hybridized carbons (Fsp3) is 0.407. The van der Waals surface area contributed by atoms with Crippen molar-refractivity contribution < 1.29 is 31.1 Å². The molecule has 0 spiro atoms. The van der Waals surface area contributed by atoms with Crippen molar-refractivity contribution in [2.24, 2.45) is 5.14 Å². The molecule has 0 saturated carbocycles. The number of alkyl halides is 3. The first-order chi connectivity index (χ1) is 18.3. The molecule has 0 bridgehead atoms. The normalized spacial score (nSPS) is 19.8. The zero-order chi connectivity index (χ0) is 28.4. The Morgan fingerprint density at radius 3 is 2.49 bits per heavy atom. The van der Waals surface area contributed by atoms with Gasteiger partial charge in [-0.3, -0.25) is 0 Å². The number of nitrogens with one attached hydrogen (secondary N) is 2. The summed E-state index contributed by atoms with van der Waals surface area (Å²) in [5, 5.41) is 12.3. The average Bonchev–Trinajstić information content (AvgIpc) is 3.17. The standard InChI is InChI=1S/C27H31F3N4O4S/c1-17-12-19(13-18(2)38-17)33-23-7-4-8-25-22(23)14-20(34(25)16-27(28,29)30)6-5-11-32-24-10-9-21(39(31,35)36)15-26(24)37-3/h4,7-10,14-15,17-19,32-33H,11-13,16H2,1-3H3,(H2,31,35,36)/t17-,18+,19+. The van der Waals surface area contributed by atoms with Crippen LogP contribution in [0.3, 0.4) is 0 Å². The van der Waals surface area contributed by atoms with Crippen LogP contribution in [0, 0.1) is 11.8 Å². The van der Waals surface area contributed by atoms with Crippen molar-refractivity contribution in [2.45, 2.75) is 62.6 Å². The Bertz CT molecular complexity index is 1500. The molecule has 39 heavy (non-hydrogen) atoms. The van der Waals surface area contributed by atoms with Gasteiger partial charge in [0.25, 0.3) is 0 Å². The molecule has 0 unspecified atom stereocenters. The number of primary sulfonamides is 1. The molecule has 0 aliphatic carbocycles. The van der Waals surface area contributed by atoms with Gasteiger partial charge < -0.3 is 24.7 Å². The monoisotopic (exact) mass is 564 g/mol. The summed E-state index contributed by atoms with van der Waals surface area (Å²) >= 11 is 0. The third kappa shape index (κ3) is 7.17. The lowest BCUT2D eigenvalue weighted by molar-refractivity contribution is -0.140. The Kier molecular flexibility index (Phi) is 8.34. The molecule has 2 aromatic carbocycles. The van der Waals surface area contributed by atoms with Crippen LogP contribution in [0.1, 0.15) is 32.4 Å². The fourth-order valence-electron chi connectivity index (χ4n) is 4.88. The summed E-state index contributed by atoms with van der Waals surface area (Å²) in [5.74, 6) is 5.96. The number of aromatic nitrogens is 1. The number of hydrogen-bond acceptors (Lipinski definition) is 6. The van der Waals surface area contributed by atoms with Gasteiger partial charge in [-0.15, -0.1) is 0 Å². The van der Waals surface area contributed by atoms with Crippen molar-refractivity contribution in [2.75, 3.05) is 24.3 Å². The molecule has 3 aromatic rings. The van der Waals surface area contributed by atoms with E-state index in [1.807, 2.05) is 19.9 Å². The number of ether oxygens (including phenoxy) is 2. The van der Waals surface area contributed by atoms with E-state index in [-0.39, 0.29) is 41.1 Å². The number of halogens is 3. The average molecular weight is 565 g/mol. The van der Waals surface area contributed by atoms with E-state index in [2.05, 4.69) is 22.5 Å². The summed E-state index contributed by atoms with van der Waals surface area (Å²) in [5.41, 5.74) is 1.87. The highest BCUT2D eigenvalue weighted by molar-refractivity contribution is 7.89. The van der Waals surface area contributed by atoms with Crippen LogP contribution in [0.2, 0.25) is 0 Å². The largest absolute Gasteiger partial charge is 0.495 e. The number of nitrogens with zero attached hydrogens (tertiary/aromatic N) is 1. The maximum atomic E-state index is 13.5. The topological polar surface area (TPSA) is 108 Å². The number of rotatable bonds is 7. The van der Waals surface area contributed by atoms with E-state index in [0.717, 1.165) is 18.5 Å². The summed E-state index contributed by atoms with van der Waals surface area (Å²) in [6.07, 6.45) is -2.67. The van der Waals surface area contributed by atoms with Gasteiger partial charge in [-0.25, -0.2) is 13.6 Å². The van der Waals surface area contributed by atoms with E-state index >= 15 is 0 Å². The number of fused-ring (bicyclic) bond motifs is 1. The lowest BCUT2D eigenvalue weighted by atomic mass is 9.99. The summed E-state index contributed by atoms with van der Waals surface area (Å²) in [6.45, 7) is 2.92. The van der Waals surface area contributed by atoms with Crippen molar-refractivity contribution >= 4 is 32.3 Å². The molecule has 0 amide bonds. The first-order valence-electron chi connectivity index (χ1n) is 12.4. The van der Waals surface area contributed by atoms with Gasteiger partial charge in [0.15, 0.2) is 0 Å². The maximum Gasteiger partial charge on any atom is 0.406 e. The molecule has 4 N–H and O–H groups in total. The molecule has 4 rings (SSSR count). The Labute approximate surface area is 225 Å². The minimum atomic E-state index is -4.44. The molecule has 12 heteroatoms. The first-order valence-corrected chi connectivity index (χ1v) is 13.9. The Balaban J connectivity index is 1.61. The van der Waals surface area contributed by atoms with Crippen LogP contribution in [-0.4, -0.2) is 51.1 Å². The van der Waals surface area contributed by atoms with Crippen LogP contribution < -0.4 is 20.5 Å². The van der Waals surface area contributed by atoms with Gasteiger partial charge in [-0.2, -0.15) is 13.2 Å². The smallest absolute Gasteiger partial charge is 0.406 e. The van der Waals surface area contributed by atoms with Crippen LogP contribution in [-0.2, 0) is 21.3 Å². The van der Waals surface area contributed by atoms with Crippen molar-refractivity contribution in [3.05, 3.63) is 48.2 Å². The van der Waals surface area contributed by atoms with E-state index in [0.29, 0.717) is 16.6 Å². The number of hydrogen-bond donors (Lipinski definition) is 3. The lowest BCUT2D eigenvalue weighted by Crippen LogP contribution is -2.36. The minimum absolute atomic E-state index is 0.0710. The van der Waals surface area contributed by atoms with Gasteiger partial charge in [0.2, 0.25) is 10.0 Å². The second kappa shape index (κ2) is 11.4. The zero-order valence-corrected chi connectivity index (χ0v) is 22.6. The number of methoxy groups -OCH3 is 1. The Morgan fingerprint density at radius 1 is 1.13 bits per heavy atom. The van der Waals surface area contributed by atoms with E-state index in [1.54, 1.807) is 18.2 Å². The number of benzene rings is 2. The lowest BCUT2D eigenvalue weighted by Gasteiger charge is -2.33. The molecule has 8 nitrogen and oxygen atoms in total. The number of anilines is 2. The van der Waals surface area contributed by atoms with Crippen LogP contribution in [0.15, 0.2) is 47.4 Å². The summed E-state index contributed by atoms with van der Waals surface area (Å²) in [6, 6.07) is 11.1. The summed E-state index contributed by atoms with van der Waals surface area (Å²) < 4.78 is 75.9. The Hall–Kier alpha value is -3.40. The highest BCUT2D eigenvalue weighted by Gasteiger charge is 2.30. The van der Waals surface area contributed by atoms with E-state index in [4.69, 9.17) is 14.6 Å². The third-order valence-electron chi connectivity index (χ3n) is 6.43. The van der Waals surface area contributed by atoms with Crippen molar-refractivity contribution in [3.8, 4) is 17.6 Å². The molecule has 2 heterocycles. The predicted octanol–water partition coefficient (Wildman–Crippen LogP) is 4.69. The zero-order valence-electron chi connectivity index (χ0n) is 21.8. The molecule has 1 aliphatic heterocycles. The number of sulfonamides is 1. The molecule has 1 aliphatic rings. The second-order valence-corrected chi connectivity index (χ2v) is 11.2. The maximum absolute atomic E-state index is 13.5. The fourth-order valence-corrected chi connectivity index (χ4v) is 5.40. The summed E-state index contributed by atoms with van der Waals surface area (Å²) in [7, 11) is -2.53. The van der Waals surface area contributed by atoms with E-state index in [9.17, 15) is 21.6 Å². The number of nitrogens with two attached hydrogens (primary N) is 1. The minimum Gasteiger partial charge on any atom is -0.495 e. The van der Waals surface area contributed by atoms with Crippen molar-refractivity contribution in [3.63, 3.8) is 0 Å². The van der Waals surface area contributed by atoms with E-state index < -0.39 is 22.7 Å². The van der Waals surface area contributed by atoms with Crippen LogP contribution in [0.25, 0.3) is 10.9 Å². The molecule has 210 valence electrons. The highest BCUT2D eigenvalue weighted by Crippen LogP contribution is 2.32.